The van der Waals surface area contributed by atoms with Gasteiger partial charge in [-0.25, -0.2) is 0 Å². The van der Waals surface area contributed by atoms with Crippen LogP contribution in [0.4, 0.5) is 0 Å². The molecule has 2 aromatic rings. The summed E-state index contributed by atoms with van der Waals surface area (Å²) in [7, 11) is 0. The van der Waals surface area contributed by atoms with E-state index in [2.05, 4.69) is 0 Å². The van der Waals surface area contributed by atoms with E-state index in [1.165, 1.54) is 0 Å². The smallest absolute Gasteiger partial charge is 0.150 e. The molecular formula is C14H11ClO. The summed E-state index contributed by atoms with van der Waals surface area (Å²) >= 11 is 5.91. The van der Waals surface area contributed by atoms with E-state index < -0.39 is 0 Å². The van der Waals surface area contributed by atoms with Gasteiger partial charge in [0.05, 0.1) is 0 Å². The van der Waals surface area contributed by atoms with E-state index in [4.69, 9.17) is 11.6 Å². The van der Waals surface area contributed by atoms with Gasteiger partial charge in [0.1, 0.15) is 0 Å². The average molecular weight is 231 g/mol. The lowest BCUT2D eigenvalue weighted by molar-refractivity contribution is 0.112. The van der Waals surface area contributed by atoms with Crippen molar-refractivity contribution in [2.24, 2.45) is 0 Å². The minimum atomic E-state index is 0.702. The molecule has 0 fully saturated rings. The fraction of sp³-hybridized carbons (Fsp3) is 0.0714. The van der Waals surface area contributed by atoms with Crippen molar-refractivity contribution in [2.45, 2.75) is 6.92 Å². The Bertz CT molecular complexity index is 532. The molecule has 2 aromatic carbocycles. The molecular weight excluding hydrogens is 220 g/mol. The number of benzene rings is 2. The summed E-state index contributed by atoms with van der Waals surface area (Å²) in [4.78, 5) is 11.0. The summed E-state index contributed by atoms with van der Waals surface area (Å²) < 4.78 is 0. The SMILES string of the molecule is Cc1cc(Cl)ccc1-c1ccccc1C=O. The highest BCUT2D eigenvalue weighted by atomic mass is 35.5. The fourth-order valence-electron chi connectivity index (χ4n) is 1.77. The third kappa shape index (κ3) is 2.00. The summed E-state index contributed by atoms with van der Waals surface area (Å²) in [5.74, 6) is 0. The summed E-state index contributed by atoms with van der Waals surface area (Å²) in [5, 5.41) is 0.713. The number of carbonyl (C=O) groups excluding carboxylic acids is 1. The van der Waals surface area contributed by atoms with E-state index in [9.17, 15) is 4.79 Å². The van der Waals surface area contributed by atoms with Crippen LogP contribution >= 0.6 is 11.6 Å². The van der Waals surface area contributed by atoms with Crippen molar-refractivity contribution in [3.8, 4) is 11.1 Å². The minimum absolute atomic E-state index is 0.702. The predicted molar refractivity (Wildman–Crippen MR) is 67.0 cm³/mol. The first-order valence-electron chi connectivity index (χ1n) is 5.03. The van der Waals surface area contributed by atoms with Crippen LogP contribution in [0.2, 0.25) is 5.02 Å². The molecule has 0 aliphatic rings. The van der Waals surface area contributed by atoms with Crippen LogP contribution in [0.1, 0.15) is 15.9 Å². The van der Waals surface area contributed by atoms with Gasteiger partial charge in [-0.15, -0.1) is 0 Å². The van der Waals surface area contributed by atoms with Gasteiger partial charge in [-0.3, -0.25) is 4.79 Å². The number of carbonyl (C=O) groups is 1. The molecule has 0 aliphatic heterocycles. The van der Waals surface area contributed by atoms with E-state index in [1.807, 2.05) is 49.4 Å². The summed E-state index contributed by atoms with van der Waals surface area (Å²) in [5.41, 5.74) is 3.77. The lowest BCUT2D eigenvalue weighted by Gasteiger charge is -2.08. The number of hydrogen-bond acceptors (Lipinski definition) is 1. The zero-order chi connectivity index (χ0) is 11.5. The Labute approximate surface area is 99.7 Å². The molecule has 0 aromatic heterocycles. The van der Waals surface area contributed by atoms with Crippen molar-refractivity contribution in [1.29, 1.82) is 0 Å². The van der Waals surface area contributed by atoms with Crippen LogP contribution in [-0.4, -0.2) is 6.29 Å². The molecule has 2 rings (SSSR count). The molecule has 0 aliphatic carbocycles. The van der Waals surface area contributed by atoms with Gasteiger partial charge in [0.2, 0.25) is 0 Å². The monoisotopic (exact) mass is 230 g/mol. The number of aryl methyl sites for hydroxylation is 1. The van der Waals surface area contributed by atoms with Crippen LogP contribution in [0.5, 0.6) is 0 Å². The third-order valence-electron chi connectivity index (χ3n) is 2.57. The van der Waals surface area contributed by atoms with Crippen molar-refractivity contribution in [3.05, 3.63) is 58.6 Å². The van der Waals surface area contributed by atoms with Crippen molar-refractivity contribution in [2.75, 3.05) is 0 Å². The second-order valence-corrected chi connectivity index (χ2v) is 4.10. The van der Waals surface area contributed by atoms with Crippen molar-refractivity contribution in [3.63, 3.8) is 0 Å². The molecule has 0 saturated heterocycles. The molecule has 0 unspecified atom stereocenters. The van der Waals surface area contributed by atoms with E-state index >= 15 is 0 Å². The van der Waals surface area contributed by atoms with Gasteiger partial charge in [-0.2, -0.15) is 0 Å². The molecule has 0 bridgehead atoms. The van der Waals surface area contributed by atoms with Crippen LogP contribution < -0.4 is 0 Å². The van der Waals surface area contributed by atoms with Crippen LogP contribution in [0, 0.1) is 6.92 Å². The minimum Gasteiger partial charge on any atom is -0.298 e. The van der Waals surface area contributed by atoms with E-state index in [0.717, 1.165) is 23.0 Å². The Hall–Kier alpha value is -1.60. The molecule has 0 spiro atoms. The van der Waals surface area contributed by atoms with E-state index in [-0.39, 0.29) is 0 Å². The molecule has 0 atom stereocenters. The number of rotatable bonds is 2. The molecule has 0 radical (unpaired) electrons. The molecule has 0 saturated carbocycles. The first kappa shape index (κ1) is 10.9. The van der Waals surface area contributed by atoms with E-state index in [0.29, 0.717) is 10.6 Å². The Morgan fingerprint density at radius 1 is 1.06 bits per heavy atom. The topological polar surface area (TPSA) is 17.1 Å². The quantitative estimate of drug-likeness (QED) is 0.709. The highest BCUT2D eigenvalue weighted by Gasteiger charge is 2.06. The summed E-state index contributed by atoms with van der Waals surface area (Å²) in [6.45, 7) is 1.99. The number of hydrogen-bond donors (Lipinski definition) is 0. The van der Waals surface area contributed by atoms with Crippen LogP contribution in [-0.2, 0) is 0 Å². The second-order valence-electron chi connectivity index (χ2n) is 3.66. The normalized spacial score (nSPS) is 10.1. The van der Waals surface area contributed by atoms with Crippen molar-refractivity contribution >= 4 is 17.9 Å². The average Bonchev–Trinajstić information content (AvgIpc) is 2.29. The summed E-state index contributed by atoms with van der Waals surface area (Å²) in [6, 6.07) is 13.2. The number of aldehydes is 1. The van der Waals surface area contributed by atoms with Crippen LogP contribution in [0.15, 0.2) is 42.5 Å². The Morgan fingerprint density at radius 2 is 1.81 bits per heavy atom. The molecule has 1 nitrogen and oxygen atoms in total. The fourth-order valence-corrected chi connectivity index (χ4v) is 2.00. The van der Waals surface area contributed by atoms with Gasteiger partial charge in [-0.05, 0) is 35.7 Å². The highest BCUT2D eigenvalue weighted by Crippen LogP contribution is 2.27. The molecule has 16 heavy (non-hydrogen) atoms. The van der Waals surface area contributed by atoms with E-state index in [1.54, 1.807) is 0 Å². The maximum absolute atomic E-state index is 11.0. The first-order valence-corrected chi connectivity index (χ1v) is 5.41. The lowest BCUT2D eigenvalue weighted by atomic mass is 9.97. The molecule has 2 heteroatoms. The van der Waals surface area contributed by atoms with Gasteiger partial charge in [0, 0.05) is 10.6 Å². The summed E-state index contributed by atoms with van der Waals surface area (Å²) in [6.07, 6.45) is 0.878. The largest absolute Gasteiger partial charge is 0.298 e. The highest BCUT2D eigenvalue weighted by molar-refractivity contribution is 6.30. The van der Waals surface area contributed by atoms with Crippen LogP contribution in [0.25, 0.3) is 11.1 Å². The Morgan fingerprint density at radius 3 is 2.50 bits per heavy atom. The molecule has 80 valence electrons. The van der Waals surface area contributed by atoms with Crippen molar-refractivity contribution in [1.82, 2.24) is 0 Å². The predicted octanol–water partition coefficient (Wildman–Crippen LogP) is 4.13. The number of halogens is 1. The molecule has 0 heterocycles. The van der Waals surface area contributed by atoms with Crippen LogP contribution in [0.3, 0.4) is 0 Å². The van der Waals surface area contributed by atoms with Gasteiger partial charge in [0.25, 0.3) is 0 Å². The zero-order valence-electron chi connectivity index (χ0n) is 8.91. The molecule has 0 N–H and O–H groups in total. The Kier molecular flexibility index (Phi) is 3.07. The maximum Gasteiger partial charge on any atom is 0.150 e. The third-order valence-corrected chi connectivity index (χ3v) is 2.80. The van der Waals surface area contributed by atoms with Gasteiger partial charge >= 0.3 is 0 Å². The maximum atomic E-state index is 11.0. The lowest BCUT2D eigenvalue weighted by Crippen LogP contribution is -1.89. The Balaban J connectivity index is 2.62. The zero-order valence-corrected chi connectivity index (χ0v) is 9.66. The van der Waals surface area contributed by atoms with Gasteiger partial charge < -0.3 is 0 Å². The second kappa shape index (κ2) is 4.50. The first-order chi connectivity index (χ1) is 7.72. The van der Waals surface area contributed by atoms with Gasteiger partial charge in [0.15, 0.2) is 6.29 Å². The van der Waals surface area contributed by atoms with Gasteiger partial charge in [-0.1, -0.05) is 41.9 Å². The standard InChI is InChI=1S/C14H11ClO/c1-10-8-12(15)6-7-13(10)14-5-3-2-4-11(14)9-16/h2-9H,1H3. The molecule has 0 amide bonds. The van der Waals surface area contributed by atoms with Crippen molar-refractivity contribution < 1.29 is 4.79 Å².